The van der Waals surface area contributed by atoms with Gasteiger partial charge in [-0.3, -0.25) is 4.98 Å². The van der Waals surface area contributed by atoms with E-state index in [4.69, 9.17) is 4.74 Å². The van der Waals surface area contributed by atoms with E-state index in [1.807, 2.05) is 24.3 Å². The summed E-state index contributed by atoms with van der Waals surface area (Å²) in [5.74, 6) is 1.57. The number of nitrogens with zero attached hydrogens (tertiary/aromatic N) is 2. The van der Waals surface area contributed by atoms with Crippen LogP contribution in [0, 0.1) is 6.92 Å². The minimum atomic E-state index is 0. The molecule has 0 aliphatic heterocycles. The summed E-state index contributed by atoms with van der Waals surface area (Å²) in [6.45, 7) is 6.87. The molecule has 0 bridgehead atoms. The molecule has 0 unspecified atom stereocenters. The maximum absolute atomic E-state index is 5.61. The van der Waals surface area contributed by atoms with Crippen molar-refractivity contribution in [2.75, 3.05) is 19.7 Å². The Labute approximate surface area is 161 Å². The maximum atomic E-state index is 5.61. The van der Waals surface area contributed by atoms with Crippen LogP contribution in [0.2, 0.25) is 0 Å². The highest BCUT2D eigenvalue weighted by Crippen LogP contribution is 2.08. The molecule has 1 aromatic heterocycles. The zero-order valence-electron chi connectivity index (χ0n) is 14.2. The monoisotopic (exact) mass is 440 g/mol. The normalized spacial score (nSPS) is 10.7. The third-order valence-electron chi connectivity index (χ3n) is 3.31. The molecule has 0 amide bonds. The largest absolute Gasteiger partial charge is 0.490 e. The number of nitrogens with one attached hydrogen (secondary N) is 2. The van der Waals surface area contributed by atoms with Crippen LogP contribution in [0.1, 0.15) is 18.1 Å². The number of hydrogen-bond acceptors (Lipinski definition) is 3. The number of pyridine rings is 1. The first-order chi connectivity index (χ1) is 11.3. The number of ether oxygens (including phenoxy) is 1. The molecule has 0 fully saturated rings. The van der Waals surface area contributed by atoms with Crippen LogP contribution in [0.5, 0.6) is 5.75 Å². The molecule has 0 aliphatic rings. The lowest BCUT2D eigenvalue weighted by Gasteiger charge is -2.12. The molecule has 5 nitrogen and oxygen atoms in total. The molecule has 1 heterocycles. The van der Waals surface area contributed by atoms with Crippen LogP contribution in [0.4, 0.5) is 0 Å². The van der Waals surface area contributed by atoms with Crippen molar-refractivity contribution in [3.05, 3.63) is 59.9 Å². The Kier molecular flexibility index (Phi) is 9.83. The molecule has 0 saturated carbocycles. The van der Waals surface area contributed by atoms with Crippen LogP contribution in [0.25, 0.3) is 0 Å². The zero-order valence-corrected chi connectivity index (χ0v) is 16.5. The molecule has 2 N–H and O–H groups in total. The second-order valence-electron chi connectivity index (χ2n) is 5.09. The maximum Gasteiger partial charge on any atom is 0.191 e. The highest BCUT2D eigenvalue weighted by molar-refractivity contribution is 14.0. The molecular formula is C18H25IN4O. The average Bonchev–Trinajstić information content (AvgIpc) is 2.58. The number of hydrogen-bond donors (Lipinski definition) is 2. The lowest BCUT2D eigenvalue weighted by Crippen LogP contribution is -2.39. The molecular weight excluding hydrogens is 415 g/mol. The van der Waals surface area contributed by atoms with E-state index >= 15 is 0 Å². The first-order valence-electron chi connectivity index (χ1n) is 7.89. The van der Waals surface area contributed by atoms with Crippen LogP contribution in [-0.2, 0) is 6.54 Å². The Morgan fingerprint density at radius 2 is 2.00 bits per heavy atom. The Balaban J connectivity index is 0.00000288. The van der Waals surface area contributed by atoms with Gasteiger partial charge in [0.2, 0.25) is 0 Å². The third-order valence-corrected chi connectivity index (χ3v) is 3.31. The number of halogens is 1. The molecule has 2 aromatic rings. The van der Waals surface area contributed by atoms with E-state index in [0.717, 1.165) is 18.3 Å². The van der Waals surface area contributed by atoms with Gasteiger partial charge < -0.3 is 15.4 Å². The van der Waals surface area contributed by atoms with Gasteiger partial charge in [0.05, 0.1) is 19.3 Å². The molecule has 0 radical (unpaired) electrons. The summed E-state index contributed by atoms with van der Waals surface area (Å²) in [4.78, 5) is 8.63. The summed E-state index contributed by atoms with van der Waals surface area (Å²) in [6.07, 6.45) is 3.43. The zero-order chi connectivity index (χ0) is 16.3. The molecule has 1 aromatic carbocycles. The molecule has 0 spiro atoms. The first kappa shape index (κ1) is 20.2. The molecule has 130 valence electrons. The molecule has 2 rings (SSSR count). The van der Waals surface area contributed by atoms with E-state index in [9.17, 15) is 0 Å². The molecule has 24 heavy (non-hydrogen) atoms. The molecule has 0 aliphatic carbocycles. The van der Waals surface area contributed by atoms with Crippen LogP contribution in [0.15, 0.2) is 53.8 Å². The van der Waals surface area contributed by atoms with Crippen LogP contribution < -0.4 is 15.4 Å². The van der Waals surface area contributed by atoms with Gasteiger partial charge in [0.1, 0.15) is 12.4 Å². The summed E-state index contributed by atoms with van der Waals surface area (Å²) in [5, 5.41) is 6.52. The standard InChI is InChI=1S/C18H24N4O.HI/c1-3-20-18(22-13-16-8-5-4-7-15(16)2)21-11-12-23-17-9-6-10-19-14-17;/h4-10,14H,3,11-13H2,1-2H3,(H2,20,21,22);1H. The number of aliphatic imine (C=N–C) groups is 1. The van der Waals surface area contributed by atoms with Crippen molar-refractivity contribution < 1.29 is 4.74 Å². The minimum absolute atomic E-state index is 0. The van der Waals surface area contributed by atoms with Gasteiger partial charge in [-0.15, -0.1) is 24.0 Å². The quantitative estimate of drug-likeness (QED) is 0.301. The van der Waals surface area contributed by atoms with Crippen molar-refractivity contribution >= 4 is 29.9 Å². The number of guanidine groups is 1. The topological polar surface area (TPSA) is 58.5 Å². The fourth-order valence-corrected chi connectivity index (χ4v) is 2.06. The first-order valence-corrected chi connectivity index (χ1v) is 7.89. The Bertz CT molecular complexity index is 619. The minimum Gasteiger partial charge on any atom is -0.490 e. The van der Waals surface area contributed by atoms with E-state index in [0.29, 0.717) is 19.7 Å². The second kappa shape index (κ2) is 11.7. The van der Waals surface area contributed by atoms with E-state index in [1.54, 1.807) is 12.4 Å². The highest BCUT2D eigenvalue weighted by Gasteiger charge is 2.00. The number of rotatable bonds is 7. The average molecular weight is 440 g/mol. The van der Waals surface area contributed by atoms with Crippen LogP contribution >= 0.6 is 24.0 Å². The summed E-state index contributed by atoms with van der Waals surface area (Å²) in [6, 6.07) is 12.0. The van der Waals surface area contributed by atoms with Crippen LogP contribution in [-0.4, -0.2) is 30.6 Å². The van der Waals surface area contributed by atoms with Crippen molar-refractivity contribution in [3.8, 4) is 5.75 Å². The molecule has 0 saturated heterocycles. The van der Waals surface area contributed by atoms with Gasteiger partial charge in [-0.05, 0) is 37.1 Å². The van der Waals surface area contributed by atoms with Crippen molar-refractivity contribution in [2.24, 2.45) is 4.99 Å². The van der Waals surface area contributed by atoms with E-state index in [1.165, 1.54) is 11.1 Å². The molecule has 6 heteroatoms. The summed E-state index contributed by atoms with van der Waals surface area (Å²) in [7, 11) is 0. The van der Waals surface area contributed by atoms with Crippen molar-refractivity contribution in [1.82, 2.24) is 15.6 Å². The van der Waals surface area contributed by atoms with E-state index in [-0.39, 0.29) is 24.0 Å². The highest BCUT2D eigenvalue weighted by atomic mass is 127. The fraction of sp³-hybridized carbons (Fsp3) is 0.333. The van der Waals surface area contributed by atoms with Gasteiger partial charge in [0.15, 0.2) is 5.96 Å². The number of aryl methyl sites for hydroxylation is 1. The fourth-order valence-electron chi connectivity index (χ4n) is 2.06. The van der Waals surface area contributed by atoms with Gasteiger partial charge >= 0.3 is 0 Å². The van der Waals surface area contributed by atoms with Crippen molar-refractivity contribution in [1.29, 1.82) is 0 Å². The number of benzene rings is 1. The molecule has 0 atom stereocenters. The second-order valence-corrected chi connectivity index (χ2v) is 5.09. The van der Waals surface area contributed by atoms with Crippen LogP contribution in [0.3, 0.4) is 0 Å². The smallest absolute Gasteiger partial charge is 0.191 e. The third kappa shape index (κ3) is 7.16. The van der Waals surface area contributed by atoms with Crippen molar-refractivity contribution in [2.45, 2.75) is 20.4 Å². The van der Waals surface area contributed by atoms with Gasteiger partial charge in [-0.25, -0.2) is 4.99 Å². The summed E-state index contributed by atoms with van der Waals surface area (Å²) in [5.41, 5.74) is 2.49. The Hall–Kier alpha value is -1.83. The Morgan fingerprint density at radius 1 is 1.17 bits per heavy atom. The lowest BCUT2D eigenvalue weighted by molar-refractivity contribution is 0.320. The van der Waals surface area contributed by atoms with Gasteiger partial charge in [-0.1, -0.05) is 24.3 Å². The number of aromatic nitrogens is 1. The summed E-state index contributed by atoms with van der Waals surface area (Å²) >= 11 is 0. The predicted octanol–water partition coefficient (Wildman–Crippen LogP) is 3.14. The SMILES string of the molecule is CCNC(=NCc1ccccc1C)NCCOc1cccnc1.I. The van der Waals surface area contributed by atoms with Gasteiger partial charge in [0, 0.05) is 12.7 Å². The predicted molar refractivity (Wildman–Crippen MR) is 109 cm³/mol. The Morgan fingerprint density at radius 3 is 2.71 bits per heavy atom. The summed E-state index contributed by atoms with van der Waals surface area (Å²) < 4.78 is 5.61. The van der Waals surface area contributed by atoms with E-state index < -0.39 is 0 Å². The van der Waals surface area contributed by atoms with E-state index in [2.05, 4.69) is 46.6 Å². The van der Waals surface area contributed by atoms with Gasteiger partial charge in [-0.2, -0.15) is 0 Å². The van der Waals surface area contributed by atoms with Crippen molar-refractivity contribution in [3.63, 3.8) is 0 Å². The van der Waals surface area contributed by atoms with Gasteiger partial charge in [0.25, 0.3) is 0 Å². The lowest BCUT2D eigenvalue weighted by atomic mass is 10.1.